The Hall–Kier alpha value is -1.83. The van der Waals surface area contributed by atoms with E-state index in [0.29, 0.717) is 15.9 Å². The lowest BCUT2D eigenvalue weighted by Crippen LogP contribution is -2.15. The van der Waals surface area contributed by atoms with Gasteiger partial charge >= 0.3 is 6.18 Å². The number of nitrogens with one attached hydrogen (secondary N) is 1. The molecule has 0 bridgehead atoms. The van der Waals surface area contributed by atoms with Gasteiger partial charge in [0.15, 0.2) is 0 Å². The second-order valence-electron chi connectivity index (χ2n) is 4.35. The Labute approximate surface area is 126 Å². The number of alkyl halides is 3. The van der Waals surface area contributed by atoms with E-state index in [0.717, 1.165) is 12.1 Å². The van der Waals surface area contributed by atoms with Crippen molar-refractivity contribution in [2.75, 3.05) is 5.32 Å². The van der Waals surface area contributed by atoms with Gasteiger partial charge < -0.3 is 9.84 Å². The fraction of sp³-hybridized carbons (Fsp3) is 0.231. The predicted molar refractivity (Wildman–Crippen MR) is 73.1 cm³/mol. The van der Waals surface area contributed by atoms with Crippen LogP contribution >= 0.6 is 15.9 Å². The molecule has 0 unspecified atom stereocenters. The largest absolute Gasteiger partial charge is 0.416 e. The average Bonchev–Trinajstić information content (AvgIpc) is 2.70. The first-order valence-electron chi connectivity index (χ1n) is 5.81. The van der Waals surface area contributed by atoms with Crippen molar-refractivity contribution in [3.05, 3.63) is 45.3 Å². The van der Waals surface area contributed by atoms with Gasteiger partial charge in [-0.05, 0) is 48.0 Å². The number of benzene rings is 1. The molecule has 0 atom stereocenters. The third-order valence-electron chi connectivity index (χ3n) is 2.80. The van der Waals surface area contributed by atoms with Crippen molar-refractivity contribution in [2.24, 2.45) is 0 Å². The van der Waals surface area contributed by atoms with E-state index in [9.17, 15) is 18.0 Å². The molecule has 0 aliphatic heterocycles. The lowest BCUT2D eigenvalue weighted by molar-refractivity contribution is -0.137. The Morgan fingerprint density at radius 1 is 1.33 bits per heavy atom. The van der Waals surface area contributed by atoms with Crippen molar-refractivity contribution in [2.45, 2.75) is 20.0 Å². The van der Waals surface area contributed by atoms with Gasteiger partial charge in [0.2, 0.25) is 0 Å². The SMILES string of the molecule is Cc1noc(C)c1C(=O)Nc1cc(C(F)(F)F)ccc1Br. The molecule has 4 nitrogen and oxygen atoms in total. The van der Waals surface area contributed by atoms with Crippen LogP contribution in [0.5, 0.6) is 0 Å². The van der Waals surface area contributed by atoms with Crippen LogP contribution in [-0.2, 0) is 6.18 Å². The normalized spacial score (nSPS) is 11.5. The molecule has 1 aromatic heterocycles. The van der Waals surface area contributed by atoms with E-state index in [-0.39, 0.29) is 11.3 Å². The highest BCUT2D eigenvalue weighted by molar-refractivity contribution is 9.10. The Morgan fingerprint density at radius 3 is 2.52 bits per heavy atom. The summed E-state index contributed by atoms with van der Waals surface area (Å²) in [6, 6.07) is 3.02. The molecule has 0 radical (unpaired) electrons. The zero-order valence-corrected chi connectivity index (χ0v) is 12.6. The van der Waals surface area contributed by atoms with Crippen molar-refractivity contribution < 1.29 is 22.5 Å². The predicted octanol–water partition coefficient (Wildman–Crippen LogP) is 4.33. The first kappa shape index (κ1) is 15.6. The van der Waals surface area contributed by atoms with Crippen molar-refractivity contribution in [1.82, 2.24) is 5.16 Å². The number of carbonyl (C=O) groups is 1. The highest BCUT2D eigenvalue weighted by Crippen LogP contribution is 2.34. The van der Waals surface area contributed by atoms with E-state index in [1.165, 1.54) is 6.07 Å². The van der Waals surface area contributed by atoms with E-state index in [1.54, 1.807) is 13.8 Å². The molecule has 8 heteroatoms. The number of hydrogen-bond acceptors (Lipinski definition) is 3. The molecule has 112 valence electrons. The number of aromatic nitrogens is 1. The number of rotatable bonds is 2. The van der Waals surface area contributed by atoms with Crippen LogP contribution in [0.15, 0.2) is 27.2 Å². The minimum atomic E-state index is -4.48. The van der Waals surface area contributed by atoms with E-state index in [2.05, 4.69) is 26.4 Å². The molecule has 2 rings (SSSR count). The third kappa shape index (κ3) is 3.26. The standard InChI is InChI=1S/C13H10BrF3N2O2/c1-6-11(7(2)21-19-6)12(20)18-10-5-8(13(15,16)17)3-4-9(10)14/h3-5H,1-2H3,(H,18,20). The van der Waals surface area contributed by atoms with Crippen LogP contribution in [0, 0.1) is 13.8 Å². The van der Waals surface area contributed by atoms with Crippen LogP contribution in [0.4, 0.5) is 18.9 Å². The molecule has 0 aliphatic carbocycles. The second-order valence-corrected chi connectivity index (χ2v) is 5.20. The summed E-state index contributed by atoms with van der Waals surface area (Å²) >= 11 is 3.10. The molecule has 1 heterocycles. The quantitative estimate of drug-likeness (QED) is 0.865. The zero-order chi connectivity index (χ0) is 15.8. The molecule has 21 heavy (non-hydrogen) atoms. The Balaban J connectivity index is 2.34. The van der Waals surface area contributed by atoms with Crippen molar-refractivity contribution in [3.8, 4) is 0 Å². The summed E-state index contributed by atoms with van der Waals surface area (Å²) in [5, 5.41) is 6.05. The highest BCUT2D eigenvalue weighted by Gasteiger charge is 2.31. The van der Waals surface area contributed by atoms with Gasteiger partial charge in [0.1, 0.15) is 11.3 Å². The molecule has 0 saturated carbocycles. The maximum Gasteiger partial charge on any atom is 0.416 e. The molecule has 1 amide bonds. The van der Waals surface area contributed by atoms with Crippen LogP contribution in [-0.4, -0.2) is 11.1 Å². The van der Waals surface area contributed by atoms with Crippen LogP contribution in [0.3, 0.4) is 0 Å². The lowest BCUT2D eigenvalue weighted by Gasteiger charge is -2.11. The monoisotopic (exact) mass is 362 g/mol. The van der Waals surface area contributed by atoms with Crippen LogP contribution in [0.1, 0.15) is 27.4 Å². The number of nitrogens with zero attached hydrogens (tertiary/aromatic N) is 1. The number of halogens is 4. The minimum absolute atomic E-state index is 0.0230. The molecule has 0 saturated heterocycles. The molecule has 1 N–H and O–H groups in total. The van der Waals surface area contributed by atoms with Gasteiger partial charge in [-0.25, -0.2) is 0 Å². The topological polar surface area (TPSA) is 55.1 Å². The summed E-state index contributed by atoms with van der Waals surface area (Å²) < 4.78 is 43.3. The van der Waals surface area contributed by atoms with Gasteiger partial charge in [0, 0.05) is 4.47 Å². The summed E-state index contributed by atoms with van der Waals surface area (Å²) in [6.07, 6.45) is -4.48. The fourth-order valence-electron chi connectivity index (χ4n) is 1.79. The van der Waals surface area contributed by atoms with Gasteiger partial charge in [0.25, 0.3) is 5.91 Å². The zero-order valence-electron chi connectivity index (χ0n) is 11.0. The molecular weight excluding hydrogens is 353 g/mol. The van der Waals surface area contributed by atoms with E-state index in [1.807, 2.05) is 0 Å². The van der Waals surface area contributed by atoms with E-state index < -0.39 is 17.6 Å². The molecule has 0 fully saturated rings. The summed E-state index contributed by atoms with van der Waals surface area (Å²) in [6.45, 7) is 3.13. The first-order valence-corrected chi connectivity index (χ1v) is 6.60. The summed E-state index contributed by atoms with van der Waals surface area (Å²) in [5.41, 5.74) is -0.248. The fourth-order valence-corrected chi connectivity index (χ4v) is 2.14. The Morgan fingerprint density at radius 2 is 2.00 bits per heavy atom. The van der Waals surface area contributed by atoms with Crippen LogP contribution in [0.25, 0.3) is 0 Å². The van der Waals surface area contributed by atoms with Gasteiger partial charge in [0.05, 0.1) is 16.9 Å². The second kappa shape index (κ2) is 5.51. The minimum Gasteiger partial charge on any atom is -0.361 e. The third-order valence-corrected chi connectivity index (χ3v) is 3.49. The number of anilines is 1. The molecule has 0 aliphatic rings. The maximum absolute atomic E-state index is 12.7. The lowest BCUT2D eigenvalue weighted by atomic mass is 10.1. The van der Waals surface area contributed by atoms with Crippen molar-refractivity contribution in [3.63, 3.8) is 0 Å². The number of amides is 1. The van der Waals surface area contributed by atoms with E-state index in [4.69, 9.17) is 4.52 Å². The first-order chi connectivity index (χ1) is 9.70. The Kier molecular flexibility index (Phi) is 4.08. The van der Waals surface area contributed by atoms with Crippen LogP contribution in [0.2, 0.25) is 0 Å². The number of hydrogen-bond donors (Lipinski definition) is 1. The van der Waals surface area contributed by atoms with Gasteiger partial charge in [-0.2, -0.15) is 13.2 Å². The summed E-state index contributed by atoms with van der Waals surface area (Å²) in [5.74, 6) is -0.278. The van der Waals surface area contributed by atoms with Gasteiger partial charge in [-0.1, -0.05) is 5.16 Å². The van der Waals surface area contributed by atoms with E-state index >= 15 is 0 Å². The average molecular weight is 363 g/mol. The summed E-state index contributed by atoms with van der Waals surface area (Å²) in [7, 11) is 0. The Bertz CT molecular complexity index is 676. The van der Waals surface area contributed by atoms with Gasteiger partial charge in [-0.3, -0.25) is 4.79 Å². The summed E-state index contributed by atoms with van der Waals surface area (Å²) in [4.78, 5) is 12.1. The number of carbonyl (C=O) groups excluding carboxylic acids is 1. The van der Waals surface area contributed by atoms with Crippen LogP contribution < -0.4 is 5.32 Å². The van der Waals surface area contributed by atoms with Gasteiger partial charge in [-0.15, -0.1) is 0 Å². The smallest absolute Gasteiger partial charge is 0.361 e. The number of aryl methyl sites for hydroxylation is 2. The molecule has 1 aromatic carbocycles. The molecule has 2 aromatic rings. The molecular formula is C13H10BrF3N2O2. The molecule has 0 spiro atoms. The highest BCUT2D eigenvalue weighted by atomic mass is 79.9. The van der Waals surface area contributed by atoms with Crippen molar-refractivity contribution >= 4 is 27.5 Å². The maximum atomic E-state index is 12.7. The van der Waals surface area contributed by atoms with Crippen molar-refractivity contribution in [1.29, 1.82) is 0 Å².